The highest BCUT2D eigenvalue weighted by Crippen LogP contribution is 2.47. The van der Waals surface area contributed by atoms with Crippen molar-refractivity contribution in [2.24, 2.45) is 18.9 Å². The molecule has 1 saturated heterocycles. The molecule has 42 heavy (non-hydrogen) atoms. The third kappa shape index (κ3) is 4.99. The fourth-order valence-corrected chi connectivity index (χ4v) is 6.75. The number of hydrogen-bond donors (Lipinski definition) is 1. The number of hydrogen-bond acceptors (Lipinski definition) is 6. The second-order valence-electron chi connectivity index (χ2n) is 11.7. The van der Waals surface area contributed by atoms with Gasteiger partial charge in [-0.3, -0.25) is 0 Å². The standard InChI is InChI=1S/C31H30F3N3O5/c1-36-15-24(30(38)39)22-9-8-20(12-26(22)36)37-13-18-10-21(11-19(18)14-37)40-16-25-28(35-42-29(25)17-6-7-17)23-4-2-3-5-27(23)41-31(32,33)34/h2-5,8-9,12,15,17-19,21H,6-7,10-11,13-14,16H2,1H3,(H,38,39). The Morgan fingerprint density at radius 1 is 1.12 bits per heavy atom. The first kappa shape index (κ1) is 26.9. The minimum atomic E-state index is -4.82. The second-order valence-corrected chi connectivity index (χ2v) is 11.7. The summed E-state index contributed by atoms with van der Waals surface area (Å²) in [7, 11) is 1.86. The number of nitrogens with zero attached hydrogens (tertiary/aromatic N) is 3. The van der Waals surface area contributed by atoms with E-state index in [1.54, 1.807) is 18.3 Å². The molecule has 2 aliphatic carbocycles. The van der Waals surface area contributed by atoms with E-state index in [-0.39, 0.29) is 29.9 Å². The zero-order valence-electron chi connectivity index (χ0n) is 22.9. The number of halogens is 3. The predicted octanol–water partition coefficient (Wildman–Crippen LogP) is 6.74. The van der Waals surface area contributed by atoms with Crippen molar-refractivity contribution < 1.29 is 37.1 Å². The summed E-state index contributed by atoms with van der Waals surface area (Å²) >= 11 is 0. The van der Waals surface area contributed by atoms with Crippen molar-refractivity contribution in [3.8, 4) is 17.0 Å². The molecule has 2 unspecified atom stereocenters. The van der Waals surface area contributed by atoms with E-state index < -0.39 is 12.3 Å². The van der Waals surface area contributed by atoms with Crippen LogP contribution >= 0.6 is 0 Å². The summed E-state index contributed by atoms with van der Waals surface area (Å²) in [5.74, 6) is 0.573. The molecule has 1 aliphatic heterocycles. The van der Waals surface area contributed by atoms with Crippen molar-refractivity contribution in [1.29, 1.82) is 0 Å². The number of fused-ring (bicyclic) bond motifs is 2. The van der Waals surface area contributed by atoms with Crippen molar-refractivity contribution >= 4 is 22.6 Å². The van der Waals surface area contributed by atoms with Crippen molar-refractivity contribution in [3.05, 3.63) is 65.5 Å². The Balaban J connectivity index is 1.04. The van der Waals surface area contributed by atoms with E-state index in [2.05, 4.69) is 20.9 Å². The number of carboxylic acids is 1. The minimum absolute atomic E-state index is 0.0344. The van der Waals surface area contributed by atoms with Gasteiger partial charge in [-0.2, -0.15) is 0 Å². The highest BCUT2D eigenvalue weighted by molar-refractivity contribution is 6.04. The topological polar surface area (TPSA) is 90.0 Å². The van der Waals surface area contributed by atoms with Crippen LogP contribution in [0.1, 0.15) is 53.3 Å². The van der Waals surface area contributed by atoms with Gasteiger partial charge in [0.25, 0.3) is 0 Å². The average molecular weight is 582 g/mol. The van der Waals surface area contributed by atoms with E-state index in [0.29, 0.717) is 34.4 Å². The number of carboxylic acid groups (broad SMARTS) is 1. The third-order valence-corrected chi connectivity index (χ3v) is 8.88. The van der Waals surface area contributed by atoms with Gasteiger partial charge in [0.2, 0.25) is 0 Å². The Labute approximate surface area is 239 Å². The van der Waals surface area contributed by atoms with Gasteiger partial charge in [-0.05, 0) is 67.9 Å². The smallest absolute Gasteiger partial charge is 0.478 e. The molecule has 0 radical (unpaired) electrons. The van der Waals surface area contributed by atoms with Crippen molar-refractivity contribution in [2.45, 2.75) is 50.7 Å². The maximum Gasteiger partial charge on any atom is 0.573 e. The van der Waals surface area contributed by atoms with Crippen molar-refractivity contribution in [1.82, 2.24) is 9.72 Å². The van der Waals surface area contributed by atoms with Gasteiger partial charge >= 0.3 is 12.3 Å². The first-order valence-electron chi connectivity index (χ1n) is 14.2. The Kier molecular flexibility index (Phi) is 6.45. The monoisotopic (exact) mass is 581 g/mol. The van der Waals surface area contributed by atoms with E-state index in [4.69, 9.17) is 9.26 Å². The number of aromatic carboxylic acids is 1. The summed E-state index contributed by atoms with van der Waals surface area (Å²) in [6, 6.07) is 11.9. The molecule has 220 valence electrons. The predicted molar refractivity (Wildman–Crippen MR) is 147 cm³/mol. The van der Waals surface area contributed by atoms with E-state index in [1.807, 2.05) is 23.7 Å². The lowest BCUT2D eigenvalue weighted by atomic mass is 10.0. The van der Waals surface area contributed by atoms with Crippen LogP contribution in [0.5, 0.6) is 5.75 Å². The largest absolute Gasteiger partial charge is 0.573 e. The highest BCUT2D eigenvalue weighted by Gasteiger charge is 2.42. The number of para-hydroxylation sites is 1. The van der Waals surface area contributed by atoms with E-state index in [0.717, 1.165) is 55.4 Å². The number of rotatable bonds is 8. The zero-order valence-corrected chi connectivity index (χ0v) is 22.9. The summed E-state index contributed by atoms with van der Waals surface area (Å²) in [6.07, 6.45) is 0.560. The van der Waals surface area contributed by atoms with Crippen LogP contribution in [0.25, 0.3) is 22.2 Å². The summed E-state index contributed by atoms with van der Waals surface area (Å²) in [6.45, 7) is 2.00. The van der Waals surface area contributed by atoms with Gasteiger partial charge < -0.3 is 28.6 Å². The molecule has 4 aromatic rings. The molecule has 3 fully saturated rings. The molecule has 1 N–H and O–H groups in total. The van der Waals surface area contributed by atoms with Gasteiger partial charge in [-0.1, -0.05) is 17.3 Å². The molecular weight excluding hydrogens is 551 g/mol. The number of carbonyl (C=O) groups is 1. The van der Waals surface area contributed by atoms with Crippen molar-refractivity contribution in [3.63, 3.8) is 0 Å². The molecule has 0 spiro atoms. The lowest BCUT2D eigenvalue weighted by Crippen LogP contribution is -2.23. The molecular formula is C31H30F3N3O5. The first-order chi connectivity index (χ1) is 20.1. The van der Waals surface area contributed by atoms with Crippen LogP contribution < -0.4 is 9.64 Å². The van der Waals surface area contributed by atoms with E-state index >= 15 is 0 Å². The summed E-state index contributed by atoms with van der Waals surface area (Å²) in [5.41, 5.74) is 3.54. The molecule has 11 heteroatoms. The summed E-state index contributed by atoms with van der Waals surface area (Å²) in [4.78, 5) is 13.9. The molecule has 7 rings (SSSR count). The lowest BCUT2D eigenvalue weighted by molar-refractivity contribution is -0.274. The molecule has 2 atom stereocenters. The van der Waals surface area contributed by atoms with Crippen LogP contribution in [0.15, 0.2) is 53.2 Å². The maximum absolute atomic E-state index is 13.1. The summed E-state index contributed by atoms with van der Waals surface area (Å²) in [5, 5.41) is 14.4. The molecule has 0 bridgehead atoms. The van der Waals surface area contributed by atoms with Gasteiger partial charge in [0, 0.05) is 54.5 Å². The third-order valence-electron chi connectivity index (χ3n) is 8.88. The fraction of sp³-hybridized carbons (Fsp3) is 0.419. The first-order valence-corrected chi connectivity index (χ1v) is 14.2. The van der Waals surface area contributed by atoms with Crippen LogP contribution in [0.4, 0.5) is 18.9 Å². The molecule has 0 amide bonds. The quantitative estimate of drug-likeness (QED) is 0.247. The van der Waals surface area contributed by atoms with Crippen LogP contribution in [-0.2, 0) is 18.4 Å². The molecule has 3 aliphatic rings. The Bertz CT molecular complexity index is 1640. The Morgan fingerprint density at radius 3 is 2.55 bits per heavy atom. The minimum Gasteiger partial charge on any atom is -0.478 e. The van der Waals surface area contributed by atoms with E-state index in [1.165, 1.54) is 12.1 Å². The molecule has 2 aromatic heterocycles. The molecule has 3 heterocycles. The van der Waals surface area contributed by atoms with Gasteiger partial charge in [0.1, 0.15) is 17.2 Å². The van der Waals surface area contributed by atoms with Gasteiger partial charge in [0.05, 0.1) is 23.8 Å². The Morgan fingerprint density at radius 2 is 1.86 bits per heavy atom. The maximum atomic E-state index is 13.1. The summed E-state index contributed by atoms with van der Waals surface area (Å²) < 4.78 is 57.4. The SMILES string of the molecule is Cn1cc(C(=O)O)c2ccc(N3CC4CC(OCc5c(-c6ccccc6OC(F)(F)F)noc5C5CC5)CC4C3)cc21. The van der Waals surface area contributed by atoms with Crippen LogP contribution in [0.3, 0.4) is 0 Å². The molecule has 8 nitrogen and oxygen atoms in total. The average Bonchev–Trinajstić information content (AvgIpc) is 3.24. The van der Waals surface area contributed by atoms with Crippen LogP contribution in [-0.4, -0.2) is 46.4 Å². The zero-order chi connectivity index (χ0) is 29.2. The van der Waals surface area contributed by atoms with Gasteiger partial charge in [-0.25, -0.2) is 4.79 Å². The number of ether oxygens (including phenoxy) is 2. The lowest BCUT2D eigenvalue weighted by Gasteiger charge is -2.22. The molecule has 2 saturated carbocycles. The van der Waals surface area contributed by atoms with Gasteiger partial charge in [-0.15, -0.1) is 13.2 Å². The normalized spacial score (nSPS) is 22.2. The number of aryl methyl sites for hydroxylation is 1. The number of aromatic nitrogens is 2. The molecule has 2 aromatic carbocycles. The highest BCUT2D eigenvalue weighted by atomic mass is 19.4. The Hall–Kier alpha value is -3.99. The van der Waals surface area contributed by atoms with Crippen LogP contribution in [0.2, 0.25) is 0 Å². The van der Waals surface area contributed by atoms with E-state index in [9.17, 15) is 23.1 Å². The van der Waals surface area contributed by atoms with Crippen LogP contribution in [0, 0.1) is 11.8 Å². The fourth-order valence-electron chi connectivity index (χ4n) is 6.75. The number of alkyl halides is 3. The number of benzene rings is 2. The van der Waals surface area contributed by atoms with Gasteiger partial charge in [0.15, 0.2) is 0 Å². The van der Waals surface area contributed by atoms with Crippen molar-refractivity contribution in [2.75, 3.05) is 18.0 Å². The second kappa shape index (κ2) is 10.1. The number of anilines is 1.